The number of fused-ring (bicyclic) bond motifs is 1. The molecule has 1 aliphatic carbocycles. The van der Waals surface area contributed by atoms with Crippen LogP contribution in [0.15, 0.2) is 71.2 Å². The van der Waals surface area contributed by atoms with E-state index in [1.807, 2.05) is 47.4 Å². The molecule has 1 saturated heterocycles. The highest BCUT2D eigenvalue weighted by atomic mass is 35.5. The summed E-state index contributed by atoms with van der Waals surface area (Å²) in [7, 11) is 3.38. The van der Waals surface area contributed by atoms with Crippen LogP contribution in [0.1, 0.15) is 22.3 Å². The van der Waals surface area contributed by atoms with E-state index < -0.39 is 22.8 Å². The van der Waals surface area contributed by atoms with E-state index in [0.29, 0.717) is 50.4 Å². The van der Waals surface area contributed by atoms with Gasteiger partial charge in [0.05, 0.1) is 40.0 Å². The molecule has 3 aromatic rings. The minimum atomic E-state index is -1.41. The van der Waals surface area contributed by atoms with Crippen LogP contribution in [0.5, 0.6) is 0 Å². The number of hydrogen-bond donors (Lipinski definition) is 1. The minimum absolute atomic E-state index is 0.0239. The molecule has 42 heavy (non-hydrogen) atoms. The van der Waals surface area contributed by atoms with Crippen molar-refractivity contribution in [3.8, 4) is 6.07 Å². The predicted molar refractivity (Wildman–Crippen MR) is 161 cm³/mol. The first-order chi connectivity index (χ1) is 20.2. The third-order valence-corrected chi connectivity index (χ3v) is 7.88. The Morgan fingerprint density at radius 3 is 2.57 bits per heavy atom. The van der Waals surface area contributed by atoms with Crippen molar-refractivity contribution in [3.05, 3.63) is 98.6 Å². The van der Waals surface area contributed by atoms with Crippen LogP contribution < -0.4 is 15.2 Å². The number of pyridine rings is 1. The number of halogens is 2. The van der Waals surface area contributed by atoms with E-state index in [2.05, 4.69) is 11.0 Å². The zero-order valence-corrected chi connectivity index (χ0v) is 23.9. The molecule has 216 valence electrons. The highest BCUT2D eigenvalue weighted by molar-refractivity contribution is 6.38. The lowest BCUT2D eigenvalue weighted by molar-refractivity contribution is -0.101. The Hall–Kier alpha value is -4.43. The summed E-state index contributed by atoms with van der Waals surface area (Å²) in [5, 5.41) is 20.9. The fourth-order valence-electron chi connectivity index (χ4n) is 5.34. The summed E-state index contributed by atoms with van der Waals surface area (Å²) in [6.07, 6.45) is 9.37. The quantitative estimate of drug-likeness (QED) is 0.388. The first-order valence-electron chi connectivity index (χ1n) is 13.4. The Morgan fingerprint density at radius 1 is 1.17 bits per heavy atom. The zero-order chi connectivity index (χ0) is 30.0. The van der Waals surface area contributed by atoms with E-state index in [1.54, 1.807) is 29.9 Å². The number of carboxylic acids is 1. The molecule has 0 bridgehead atoms. The fourth-order valence-corrected chi connectivity index (χ4v) is 5.75. The Balaban J connectivity index is 1.56. The number of allylic oxidation sites excluding steroid dienone is 4. The van der Waals surface area contributed by atoms with Crippen LogP contribution in [0.2, 0.25) is 5.02 Å². The van der Waals surface area contributed by atoms with Gasteiger partial charge < -0.3 is 24.3 Å². The number of benzene rings is 2. The molecule has 1 N–H and O–H groups in total. The molecule has 0 unspecified atom stereocenters. The number of hydroxylamine groups is 2. The lowest BCUT2D eigenvalue weighted by Crippen LogP contribution is -2.47. The second-order valence-corrected chi connectivity index (χ2v) is 10.4. The molecule has 2 aromatic carbocycles. The van der Waals surface area contributed by atoms with Gasteiger partial charge >= 0.3 is 5.97 Å². The Kier molecular flexibility index (Phi) is 8.45. The van der Waals surface area contributed by atoms with E-state index in [1.165, 1.54) is 6.20 Å². The second kappa shape index (κ2) is 12.2. The van der Waals surface area contributed by atoms with Crippen molar-refractivity contribution in [2.24, 2.45) is 0 Å². The summed E-state index contributed by atoms with van der Waals surface area (Å²) in [4.78, 5) is 34.3. The number of aromatic carboxylic acids is 1. The van der Waals surface area contributed by atoms with E-state index in [0.717, 1.165) is 17.3 Å². The van der Waals surface area contributed by atoms with Gasteiger partial charge in [0.1, 0.15) is 17.4 Å². The third-order valence-electron chi connectivity index (χ3n) is 7.52. The molecule has 5 rings (SSSR count). The molecular formula is C31H29ClFN5O4. The molecule has 0 amide bonds. The largest absolute Gasteiger partial charge is 0.477 e. The first kappa shape index (κ1) is 29.1. The van der Waals surface area contributed by atoms with E-state index in [-0.39, 0.29) is 21.6 Å². The van der Waals surface area contributed by atoms with Gasteiger partial charge in [0.2, 0.25) is 5.43 Å². The summed E-state index contributed by atoms with van der Waals surface area (Å²) < 4.78 is 17.3. The highest BCUT2D eigenvalue weighted by Crippen LogP contribution is 2.38. The van der Waals surface area contributed by atoms with Gasteiger partial charge in [-0.3, -0.25) is 4.79 Å². The number of carbonyl (C=O) groups is 1. The molecule has 2 aliphatic rings. The number of aromatic nitrogens is 1. The molecule has 1 aromatic heterocycles. The number of para-hydroxylation sites is 1. The molecule has 0 spiro atoms. The predicted octanol–water partition coefficient (Wildman–Crippen LogP) is 4.91. The number of hydrogen-bond acceptors (Lipinski definition) is 7. The van der Waals surface area contributed by atoms with Crippen molar-refractivity contribution < 1.29 is 19.1 Å². The van der Waals surface area contributed by atoms with Gasteiger partial charge in [-0.25, -0.2) is 9.18 Å². The molecule has 0 saturated carbocycles. The van der Waals surface area contributed by atoms with E-state index >= 15 is 4.39 Å². The van der Waals surface area contributed by atoms with Crippen molar-refractivity contribution >= 4 is 45.5 Å². The molecule has 0 atom stereocenters. The lowest BCUT2D eigenvalue weighted by atomic mass is 10.1. The normalized spacial score (nSPS) is 15.4. The van der Waals surface area contributed by atoms with Crippen molar-refractivity contribution in [3.63, 3.8) is 0 Å². The summed E-state index contributed by atoms with van der Waals surface area (Å²) in [6, 6.07) is 10.6. The number of piperazine rings is 1. The maximum atomic E-state index is 15.7. The Morgan fingerprint density at radius 2 is 1.88 bits per heavy atom. The molecule has 9 nitrogen and oxygen atoms in total. The Labute approximate surface area is 247 Å². The lowest BCUT2D eigenvalue weighted by Gasteiger charge is -2.38. The van der Waals surface area contributed by atoms with Crippen LogP contribution in [0.3, 0.4) is 0 Å². The molecule has 0 radical (unpaired) electrons. The molecule has 2 heterocycles. The topological polar surface area (TPSA) is 102 Å². The second-order valence-electron chi connectivity index (χ2n) is 10.0. The number of carboxylic acid groups (broad SMARTS) is 1. The van der Waals surface area contributed by atoms with Crippen molar-refractivity contribution in [2.45, 2.75) is 6.42 Å². The fraction of sp³-hybridized carbons (Fsp3) is 0.258. The van der Waals surface area contributed by atoms with Crippen LogP contribution in [-0.2, 0) is 4.84 Å². The van der Waals surface area contributed by atoms with Gasteiger partial charge in [0.25, 0.3) is 0 Å². The third kappa shape index (κ3) is 5.54. The van der Waals surface area contributed by atoms with Crippen LogP contribution in [-0.4, -0.2) is 67.6 Å². The van der Waals surface area contributed by atoms with Gasteiger partial charge in [-0.15, -0.1) is 0 Å². The first-order valence-corrected chi connectivity index (χ1v) is 13.7. The van der Waals surface area contributed by atoms with Crippen molar-refractivity contribution in [1.82, 2.24) is 9.63 Å². The standard InChI is InChI=1S/C31H29ClFN5O4/c1-35(42-2)18-20-6-5-8-22(11-10-20)38-19-24(31(40)41)30(39)23-16-25(33)29(27(32)28(23)38)37-14-12-36(13-15-37)26-9-4-3-7-21(26)17-34/h3-4,6-11,16,19H,5,12-15,18H2,1-2H3,(H,40,41). The van der Waals surface area contributed by atoms with Crippen LogP contribution in [0, 0.1) is 17.1 Å². The average Bonchev–Trinajstić information content (AvgIpc) is 3.23. The van der Waals surface area contributed by atoms with Crippen molar-refractivity contribution in [1.29, 1.82) is 5.26 Å². The number of rotatable bonds is 7. The average molecular weight is 590 g/mol. The zero-order valence-electron chi connectivity index (χ0n) is 23.2. The number of anilines is 2. The molecular weight excluding hydrogens is 561 g/mol. The summed E-state index contributed by atoms with van der Waals surface area (Å²) in [6.45, 7) is 2.41. The summed E-state index contributed by atoms with van der Waals surface area (Å²) in [5.74, 6) is -2.12. The van der Waals surface area contributed by atoms with Gasteiger partial charge in [0.15, 0.2) is 0 Å². The maximum absolute atomic E-state index is 15.7. The van der Waals surface area contributed by atoms with Gasteiger partial charge in [0, 0.05) is 51.7 Å². The molecule has 11 heteroatoms. The molecule has 1 fully saturated rings. The number of likely N-dealkylation sites (N-methyl/N-ethyl adjacent to an activating group) is 1. The van der Waals surface area contributed by atoms with Gasteiger partial charge in [-0.05, 0) is 36.3 Å². The summed E-state index contributed by atoms with van der Waals surface area (Å²) >= 11 is 6.93. The molecule has 1 aliphatic heterocycles. The van der Waals surface area contributed by atoms with Crippen molar-refractivity contribution in [2.75, 3.05) is 56.7 Å². The minimum Gasteiger partial charge on any atom is -0.477 e. The van der Waals surface area contributed by atoms with E-state index in [9.17, 15) is 20.0 Å². The maximum Gasteiger partial charge on any atom is 0.341 e. The summed E-state index contributed by atoms with van der Waals surface area (Å²) in [5.41, 5.74) is 2.03. The smallest absolute Gasteiger partial charge is 0.341 e. The SMILES string of the molecule is CON(C)CC1=CCC=C(n2cc(C(=O)O)c(=O)c3cc(F)c(N4CCN(c5ccccc5C#N)CC4)c(Cl)c32)C=C1. The van der Waals surface area contributed by atoms with Crippen LogP contribution >= 0.6 is 11.6 Å². The number of nitriles is 1. The Bertz CT molecular complexity index is 1750. The van der Waals surface area contributed by atoms with Gasteiger partial charge in [-0.1, -0.05) is 42.0 Å². The van der Waals surface area contributed by atoms with Gasteiger partial charge in [-0.2, -0.15) is 10.3 Å². The monoisotopic (exact) mass is 589 g/mol. The van der Waals surface area contributed by atoms with Crippen LogP contribution in [0.4, 0.5) is 15.8 Å². The van der Waals surface area contributed by atoms with Crippen LogP contribution in [0.25, 0.3) is 16.6 Å². The highest BCUT2D eigenvalue weighted by Gasteiger charge is 2.27. The van der Waals surface area contributed by atoms with E-state index in [4.69, 9.17) is 16.4 Å². The number of nitrogens with zero attached hydrogens (tertiary/aromatic N) is 5.